The molecule has 7 heteroatoms. The molecule has 2 aromatic heterocycles. The molecular formula is C14H16BrN5O. The lowest BCUT2D eigenvalue weighted by molar-refractivity contribution is 0.0746. The molecular weight excluding hydrogens is 334 g/mol. The first kappa shape index (κ1) is 14.1. The number of amides is 1. The molecule has 110 valence electrons. The van der Waals surface area contributed by atoms with Crippen molar-refractivity contribution in [3.05, 3.63) is 40.8 Å². The molecule has 1 aliphatic heterocycles. The molecule has 3 heterocycles. The highest BCUT2D eigenvalue weighted by atomic mass is 79.9. The molecule has 0 saturated carbocycles. The van der Waals surface area contributed by atoms with E-state index in [9.17, 15) is 4.79 Å². The summed E-state index contributed by atoms with van der Waals surface area (Å²) < 4.78 is 2.63. The standard InChI is InChI=1S/C14H16BrN5O/c1-18-10-11(9-17-18)14(21)20-7-5-19(6-8-20)13-12(15)3-2-4-16-13/h2-4,9-10H,5-8H2,1H3. The lowest BCUT2D eigenvalue weighted by Crippen LogP contribution is -2.49. The fraction of sp³-hybridized carbons (Fsp3) is 0.357. The minimum absolute atomic E-state index is 0.0443. The average Bonchev–Trinajstić information content (AvgIpc) is 2.94. The summed E-state index contributed by atoms with van der Waals surface area (Å²) >= 11 is 3.52. The topological polar surface area (TPSA) is 54.3 Å². The third-order valence-corrected chi connectivity index (χ3v) is 4.18. The van der Waals surface area contributed by atoms with Crippen molar-refractivity contribution in [1.29, 1.82) is 0 Å². The van der Waals surface area contributed by atoms with Gasteiger partial charge < -0.3 is 9.80 Å². The second-order valence-electron chi connectivity index (χ2n) is 4.99. The van der Waals surface area contributed by atoms with Gasteiger partial charge in [-0.05, 0) is 28.1 Å². The smallest absolute Gasteiger partial charge is 0.257 e. The number of aryl methyl sites for hydroxylation is 1. The van der Waals surface area contributed by atoms with E-state index in [-0.39, 0.29) is 5.91 Å². The summed E-state index contributed by atoms with van der Waals surface area (Å²) in [6.07, 6.45) is 5.15. The summed E-state index contributed by atoms with van der Waals surface area (Å²) in [6, 6.07) is 3.88. The van der Waals surface area contributed by atoms with E-state index in [0.29, 0.717) is 18.7 Å². The van der Waals surface area contributed by atoms with Crippen molar-refractivity contribution in [2.75, 3.05) is 31.1 Å². The first-order chi connectivity index (χ1) is 10.1. The maximum atomic E-state index is 12.4. The van der Waals surface area contributed by atoms with E-state index in [1.54, 1.807) is 23.3 Å². The van der Waals surface area contributed by atoms with Gasteiger partial charge in [-0.2, -0.15) is 5.10 Å². The van der Waals surface area contributed by atoms with Crippen molar-refractivity contribution in [2.24, 2.45) is 7.05 Å². The molecule has 0 aliphatic carbocycles. The number of anilines is 1. The van der Waals surface area contributed by atoms with Crippen molar-refractivity contribution < 1.29 is 4.79 Å². The Kier molecular flexibility index (Phi) is 3.92. The molecule has 1 aliphatic rings. The van der Waals surface area contributed by atoms with Gasteiger partial charge in [0.15, 0.2) is 0 Å². The van der Waals surface area contributed by atoms with E-state index in [2.05, 4.69) is 30.9 Å². The van der Waals surface area contributed by atoms with Gasteiger partial charge in [-0.3, -0.25) is 9.48 Å². The van der Waals surface area contributed by atoms with E-state index < -0.39 is 0 Å². The summed E-state index contributed by atoms with van der Waals surface area (Å²) in [6.45, 7) is 2.94. The zero-order valence-corrected chi connectivity index (χ0v) is 13.3. The van der Waals surface area contributed by atoms with E-state index in [4.69, 9.17) is 0 Å². The molecule has 0 N–H and O–H groups in total. The van der Waals surface area contributed by atoms with Gasteiger partial charge in [-0.25, -0.2) is 4.98 Å². The minimum Gasteiger partial charge on any atom is -0.352 e. The van der Waals surface area contributed by atoms with Crippen LogP contribution in [0.5, 0.6) is 0 Å². The zero-order valence-electron chi connectivity index (χ0n) is 11.7. The van der Waals surface area contributed by atoms with Gasteiger partial charge in [0, 0.05) is 45.6 Å². The van der Waals surface area contributed by atoms with Gasteiger partial charge in [-0.1, -0.05) is 0 Å². The number of piperazine rings is 1. The van der Waals surface area contributed by atoms with Gasteiger partial charge in [0.1, 0.15) is 5.82 Å². The lowest BCUT2D eigenvalue weighted by Gasteiger charge is -2.35. The van der Waals surface area contributed by atoms with Crippen molar-refractivity contribution in [1.82, 2.24) is 19.7 Å². The molecule has 21 heavy (non-hydrogen) atoms. The Morgan fingerprint density at radius 3 is 2.67 bits per heavy atom. The van der Waals surface area contributed by atoms with Crippen LogP contribution in [0.15, 0.2) is 35.2 Å². The van der Waals surface area contributed by atoms with Crippen LogP contribution < -0.4 is 4.90 Å². The van der Waals surface area contributed by atoms with Gasteiger partial charge in [-0.15, -0.1) is 0 Å². The highest BCUT2D eigenvalue weighted by Crippen LogP contribution is 2.24. The fourth-order valence-electron chi connectivity index (χ4n) is 2.45. The second-order valence-corrected chi connectivity index (χ2v) is 5.85. The summed E-state index contributed by atoms with van der Waals surface area (Å²) in [4.78, 5) is 20.8. The second kappa shape index (κ2) is 5.85. The molecule has 3 rings (SSSR count). The van der Waals surface area contributed by atoms with Crippen molar-refractivity contribution >= 4 is 27.7 Å². The largest absolute Gasteiger partial charge is 0.352 e. The Labute approximate surface area is 131 Å². The van der Waals surface area contributed by atoms with Crippen molar-refractivity contribution in [2.45, 2.75) is 0 Å². The minimum atomic E-state index is 0.0443. The molecule has 0 atom stereocenters. The van der Waals surface area contributed by atoms with Crippen LogP contribution in [0.1, 0.15) is 10.4 Å². The number of hydrogen-bond donors (Lipinski definition) is 0. The van der Waals surface area contributed by atoms with E-state index in [1.165, 1.54) is 0 Å². The summed E-state index contributed by atoms with van der Waals surface area (Å²) in [7, 11) is 1.81. The first-order valence-electron chi connectivity index (χ1n) is 6.78. The quantitative estimate of drug-likeness (QED) is 0.825. The Balaban J connectivity index is 1.65. The Hall–Kier alpha value is -1.89. The van der Waals surface area contributed by atoms with Gasteiger partial charge >= 0.3 is 0 Å². The molecule has 1 amide bonds. The predicted octanol–water partition coefficient (Wildman–Crippen LogP) is 1.54. The molecule has 0 radical (unpaired) electrons. The number of carbonyl (C=O) groups is 1. The average molecular weight is 350 g/mol. The number of carbonyl (C=O) groups excluding carboxylic acids is 1. The van der Waals surface area contributed by atoms with E-state index in [0.717, 1.165) is 23.4 Å². The predicted molar refractivity (Wildman–Crippen MR) is 83.3 cm³/mol. The molecule has 0 bridgehead atoms. The third kappa shape index (κ3) is 2.92. The lowest BCUT2D eigenvalue weighted by atomic mass is 10.2. The van der Waals surface area contributed by atoms with Crippen molar-refractivity contribution in [3.8, 4) is 0 Å². The highest BCUT2D eigenvalue weighted by Gasteiger charge is 2.24. The van der Waals surface area contributed by atoms with E-state index in [1.807, 2.05) is 24.1 Å². The highest BCUT2D eigenvalue weighted by molar-refractivity contribution is 9.10. The number of rotatable bonds is 2. The van der Waals surface area contributed by atoms with E-state index >= 15 is 0 Å². The molecule has 2 aromatic rings. The van der Waals surface area contributed by atoms with Crippen LogP contribution in [0.25, 0.3) is 0 Å². The number of halogens is 1. The van der Waals surface area contributed by atoms with Crippen LogP contribution in [0.3, 0.4) is 0 Å². The fourth-order valence-corrected chi connectivity index (χ4v) is 2.95. The van der Waals surface area contributed by atoms with Gasteiger partial charge in [0.2, 0.25) is 0 Å². The first-order valence-corrected chi connectivity index (χ1v) is 7.58. The zero-order chi connectivity index (χ0) is 14.8. The van der Waals surface area contributed by atoms with Crippen LogP contribution in [0.2, 0.25) is 0 Å². The molecule has 0 spiro atoms. The van der Waals surface area contributed by atoms with Crippen LogP contribution in [0.4, 0.5) is 5.82 Å². The number of hydrogen-bond acceptors (Lipinski definition) is 4. The number of pyridine rings is 1. The molecule has 0 aromatic carbocycles. The van der Waals surface area contributed by atoms with Crippen LogP contribution in [0, 0.1) is 0 Å². The molecule has 1 saturated heterocycles. The van der Waals surface area contributed by atoms with Crippen LogP contribution in [-0.2, 0) is 7.05 Å². The van der Waals surface area contributed by atoms with Crippen LogP contribution in [-0.4, -0.2) is 51.8 Å². The number of nitrogens with zero attached hydrogens (tertiary/aromatic N) is 5. The maximum absolute atomic E-state index is 12.4. The molecule has 6 nitrogen and oxygen atoms in total. The summed E-state index contributed by atoms with van der Waals surface area (Å²) in [5, 5.41) is 4.05. The number of aromatic nitrogens is 3. The molecule has 1 fully saturated rings. The van der Waals surface area contributed by atoms with Gasteiger partial charge in [0.25, 0.3) is 5.91 Å². The summed E-state index contributed by atoms with van der Waals surface area (Å²) in [5.41, 5.74) is 0.643. The molecule has 0 unspecified atom stereocenters. The Morgan fingerprint density at radius 1 is 1.29 bits per heavy atom. The summed E-state index contributed by atoms with van der Waals surface area (Å²) in [5.74, 6) is 0.980. The van der Waals surface area contributed by atoms with Crippen LogP contribution >= 0.6 is 15.9 Å². The monoisotopic (exact) mass is 349 g/mol. The van der Waals surface area contributed by atoms with Gasteiger partial charge in [0.05, 0.1) is 16.2 Å². The maximum Gasteiger partial charge on any atom is 0.257 e. The Morgan fingerprint density at radius 2 is 2.05 bits per heavy atom. The van der Waals surface area contributed by atoms with Crippen molar-refractivity contribution in [3.63, 3.8) is 0 Å². The Bertz CT molecular complexity index is 648. The SMILES string of the molecule is Cn1cc(C(=O)N2CCN(c3ncccc3Br)CC2)cn1. The third-order valence-electron chi connectivity index (χ3n) is 3.56. The normalized spacial score (nSPS) is 15.3.